The lowest BCUT2D eigenvalue weighted by molar-refractivity contribution is -0.131. The number of hydrogen-bond donors (Lipinski definition) is 1. The van der Waals surface area contributed by atoms with Gasteiger partial charge in [-0.3, -0.25) is 4.79 Å². The first kappa shape index (κ1) is 23.8. The van der Waals surface area contributed by atoms with Gasteiger partial charge in [-0.1, -0.05) is 26.0 Å². The topological polar surface area (TPSA) is 87.2 Å². The van der Waals surface area contributed by atoms with Gasteiger partial charge in [-0.05, 0) is 49.5 Å². The summed E-state index contributed by atoms with van der Waals surface area (Å²) in [5, 5.41) is 9.72. The van der Waals surface area contributed by atoms with Gasteiger partial charge in [-0.2, -0.15) is 4.31 Å². The minimum Gasteiger partial charge on any atom is -0.487 e. The molecule has 31 heavy (non-hydrogen) atoms. The predicted molar refractivity (Wildman–Crippen MR) is 120 cm³/mol. The first-order valence-electron chi connectivity index (χ1n) is 11.1. The Labute approximate surface area is 185 Å². The van der Waals surface area contributed by atoms with Gasteiger partial charge < -0.3 is 14.7 Å². The molecular formula is C23H34N2O5S. The van der Waals surface area contributed by atoms with Crippen LogP contribution in [0.3, 0.4) is 0 Å². The molecule has 0 bridgehead atoms. The van der Waals surface area contributed by atoms with Crippen LogP contribution in [-0.4, -0.2) is 67.5 Å². The predicted octanol–water partition coefficient (Wildman–Crippen LogP) is 2.89. The number of ether oxygens (including phenoxy) is 1. The molecule has 0 aromatic heterocycles. The van der Waals surface area contributed by atoms with Gasteiger partial charge in [0.1, 0.15) is 16.7 Å². The summed E-state index contributed by atoms with van der Waals surface area (Å²) in [4.78, 5) is 13.9. The van der Waals surface area contributed by atoms with E-state index in [0.717, 1.165) is 24.8 Å². The van der Waals surface area contributed by atoms with Crippen LogP contribution in [0.25, 0.3) is 5.57 Å². The van der Waals surface area contributed by atoms with E-state index >= 15 is 0 Å². The van der Waals surface area contributed by atoms with E-state index in [9.17, 15) is 18.3 Å². The van der Waals surface area contributed by atoms with E-state index in [2.05, 4.69) is 6.08 Å². The number of carbonyl (C=O) groups is 1. The number of likely N-dealkylation sites (N-methyl/N-ethyl adjacent to an activating group) is 1. The molecule has 172 valence electrons. The Balaban J connectivity index is 2.07. The second kappa shape index (κ2) is 9.71. The van der Waals surface area contributed by atoms with Crippen molar-refractivity contribution in [2.24, 2.45) is 5.92 Å². The van der Waals surface area contributed by atoms with E-state index < -0.39 is 16.1 Å². The van der Waals surface area contributed by atoms with Crippen LogP contribution in [0.1, 0.15) is 52.0 Å². The summed E-state index contributed by atoms with van der Waals surface area (Å²) in [6.07, 6.45) is 5.29. The molecule has 1 aliphatic heterocycles. The number of amides is 1. The number of allylic oxidation sites excluding steroid dienone is 2. The fourth-order valence-electron chi connectivity index (χ4n) is 4.22. The van der Waals surface area contributed by atoms with Crippen LogP contribution in [0.4, 0.5) is 0 Å². The van der Waals surface area contributed by atoms with Gasteiger partial charge in [0, 0.05) is 32.0 Å². The first-order valence-corrected chi connectivity index (χ1v) is 12.5. The van der Waals surface area contributed by atoms with Crippen LogP contribution in [0.5, 0.6) is 5.75 Å². The molecule has 0 radical (unpaired) electrons. The number of hydrogen-bond acceptors (Lipinski definition) is 5. The zero-order chi connectivity index (χ0) is 22.8. The maximum atomic E-state index is 13.5. The van der Waals surface area contributed by atoms with Crippen molar-refractivity contribution >= 4 is 21.5 Å². The molecule has 8 heteroatoms. The summed E-state index contributed by atoms with van der Waals surface area (Å²) < 4.78 is 34.7. The molecule has 3 atom stereocenters. The smallest absolute Gasteiger partial charge is 0.247 e. The Morgan fingerprint density at radius 1 is 1.39 bits per heavy atom. The Morgan fingerprint density at radius 3 is 2.74 bits per heavy atom. The van der Waals surface area contributed by atoms with E-state index in [4.69, 9.17) is 4.74 Å². The van der Waals surface area contributed by atoms with Gasteiger partial charge in [-0.25, -0.2) is 8.42 Å². The number of aliphatic hydroxyl groups excluding tert-OH is 1. The second-order valence-corrected chi connectivity index (χ2v) is 10.5. The number of nitrogens with zero attached hydrogens (tertiary/aromatic N) is 2. The summed E-state index contributed by atoms with van der Waals surface area (Å²) in [6.45, 7) is 5.74. The lowest BCUT2D eigenvalue weighted by atomic mass is 10.0. The van der Waals surface area contributed by atoms with E-state index in [0.29, 0.717) is 18.7 Å². The molecule has 1 aromatic carbocycles. The highest BCUT2D eigenvalue weighted by atomic mass is 32.2. The van der Waals surface area contributed by atoms with E-state index in [1.54, 1.807) is 24.9 Å². The molecule has 0 fully saturated rings. The van der Waals surface area contributed by atoms with Crippen molar-refractivity contribution in [2.45, 2.75) is 63.5 Å². The lowest BCUT2D eigenvalue weighted by Crippen LogP contribution is -2.50. The molecule has 2 aliphatic rings. The first-order chi connectivity index (χ1) is 14.7. The van der Waals surface area contributed by atoms with E-state index in [1.807, 2.05) is 26.0 Å². The van der Waals surface area contributed by atoms with Gasteiger partial charge in [0.05, 0.1) is 13.2 Å². The quantitative estimate of drug-likeness (QED) is 0.720. The van der Waals surface area contributed by atoms with Crippen molar-refractivity contribution in [2.75, 3.05) is 26.7 Å². The molecular weight excluding hydrogens is 416 g/mol. The van der Waals surface area contributed by atoms with Crippen molar-refractivity contribution in [3.8, 4) is 5.75 Å². The van der Waals surface area contributed by atoms with Crippen molar-refractivity contribution in [1.82, 2.24) is 9.21 Å². The van der Waals surface area contributed by atoms with Crippen LogP contribution in [0.2, 0.25) is 0 Å². The van der Waals surface area contributed by atoms with Gasteiger partial charge in [0.25, 0.3) is 0 Å². The number of benzene rings is 1. The van der Waals surface area contributed by atoms with Crippen LogP contribution in [-0.2, 0) is 14.8 Å². The minimum absolute atomic E-state index is 0.0103. The minimum atomic E-state index is -3.85. The fourth-order valence-corrected chi connectivity index (χ4v) is 6.04. The van der Waals surface area contributed by atoms with Gasteiger partial charge in [0.15, 0.2) is 0 Å². The molecule has 0 unspecified atom stereocenters. The molecule has 1 aliphatic carbocycles. The second-order valence-electron chi connectivity index (χ2n) is 8.65. The molecule has 0 spiro atoms. The maximum absolute atomic E-state index is 13.5. The Bertz CT molecular complexity index is 943. The van der Waals surface area contributed by atoms with Crippen LogP contribution >= 0.6 is 0 Å². The van der Waals surface area contributed by atoms with Crippen molar-refractivity contribution < 1.29 is 23.1 Å². The molecule has 0 saturated heterocycles. The molecule has 1 heterocycles. The van der Waals surface area contributed by atoms with Crippen LogP contribution in [0.15, 0.2) is 29.2 Å². The Hall–Kier alpha value is -1.90. The van der Waals surface area contributed by atoms with E-state index in [-0.39, 0.29) is 36.0 Å². The number of rotatable bonds is 6. The van der Waals surface area contributed by atoms with Gasteiger partial charge >= 0.3 is 0 Å². The Morgan fingerprint density at radius 2 is 2.13 bits per heavy atom. The van der Waals surface area contributed by atoms with Crippen LogP contribution < -0.4 is 4.74 Å². The highest BCUT2D eigenvalue weighted by molar-refractivity contribution is 7.89. The summed E-state index contributed by atoms with van der Waals surface area (Å²) in [7, 11) is -2.11. The number of carbonyl (C=O) groups excluding carboxylic acids is 1. The van der Waals surface area contributed by atoms with Gasteiger partial charge in [-0.15, -0.1) is 0 Å². The maximum Gasteiger partial charge on any atom is 0.247 e. The third-order valence-electron chi connectivity index (χ3n) is 6.26. The summed E-state index contributed by atoms with van der Waals surface area (Å²) in [5.41, 5.74) is 2.17. The average Bonchev–Trinajstić information content (AvgIpc) is 3.29. The SMILES string of the molecule is CCC(=O)N(C)C[C@H]1Oc2cc(C3=CCCC3)ccc2S(=O)(=O)N([C@@H](C)CO)C[C@H]1C. The van der Waals surface area contributed by atoms with Gasteiger partial charge in [0.2, 0.25) is 15.9 Å². The zero-order valence-electron chi connectivity index (χ0n) is 18.9. The van der Waals surface area contributed by atoms with Crippen LogP contribution in [0, 0.1) is 5.92 Å². The average molecular weight is 451 g/mol. The number of aliphatic hydroxyl groups is 1. The Kier molecular flexibility index (Phi) is 7.44. The highest BCUT2D eigenvalue weighted by Crippen LogP contribution is 2.37. The molecule has 1 amide bonds. The summed E-state index contributed by atoms with van der Waals surface area (Å²) in [6, 6.07) is 4.71. The largest absolute Gasteiger partial charge is 0.487 e. The summed E-state index contributed by atoms with van der Waals surface area (Å²) >= 11 is 0. The number of fused-ring (bicyclic) bond motifs is 1. The highest BCUT2D eigenvalue weighted by Gasteiger charge is 2.38. The summed E-state index contributed by atoms with van der Waals surface area (Å²) in [5.74, 6) is 0.142. The third kappa shape index (κ3) is 4.96. The standard InChI is InChI=1S/C23H34N2O5S/c1-5-23(27)24(4)14-21-16(2)13-25(17(3)15-26)31(28,29)22-11-10-19(12-20(22)30-21)18-8-6-7-9-18/h8,10-12,16-17,21,26H,5-7,9,13-15H2,1-4H3/t16-,17+,21-/m1/s1. The monoisotopic (exact) mass is 450 g/mol. The zero-order valence-corrected chi connectivity index (χ0v) is 19.7. The molecule has 7 nitrogen and oxygen atoms in total. The van der Waals surface area contributed by atoms with Crippen molar-refractivity contribution in [1.29, 1.82) is 0 Å². The molecule has 3 rings (SSSR count). The van der Waals surface area contributed by atoms with Crippen molar-refractivity contribution in [3.63, 3.8) is 0 Å². The third-order valence-corrected chi connectivity index (χ3v) is 8.28. The molecule has 1 N–H and O–H groups in total. The van der Waals surface area contributed by atoms with Crippen molar-refractivity contribution in [3.05, 3.63) is 29.8 Å². The molecule has 1 aromatic rings. The normalized spacial score (nSPS) is 24.4. The lowest BCUT2D eigenvalue weighted by Gasteiger charge is -2.37. The fraction of sp³-hybridized carbons (Fsp3) is 0.609. The molecule has 0 saturated carbocycles. The number of sulfonamides is 1. The van der Waals surface area contributed by atoms with E-state index in [1.165, 1.54) is 9.88 Å².